The molecule has 0 spiro atoms. The Morgan fingerprint density at radius 3 is 2.21 bits per heavy atom. The van der Waals surface area contributed by atoms with Gasteiger partial charge in [0.1, 0.15) is 0 Å². The number of rotatable bonds is 2. The lowest BCUT2D eigenvalue weighted by Crippen LogP contribution is -2.27. The third kappa shape index (κ3) is 3.37. The van der Waals surface area contributed by atoms with Crippen LogP contribution in [0, 0.1) is 13.8 Å². The van der Waals surface area contributed by atoms with Crippen LogP contribution in [0.2, 0.25) is 0 Å². The molecular weight excluding hydrogens is 232 g/mol. The van der Waals surface area contributed by atoms with Gasteiger partial charge in [0.2, 0.25) is 0 Å². The highest BCUT2D eigenvalue weighted by molar-refractivity contribution is 5.40. The summed E-state index contributed by atoms with van der Waals surface area (Å²) < 4.78 is 0. The van der Waals surface area contributed by atoms with Crippen LogP contribution in [-0.4, -0.2) is 24.0 Å². The largest absolute Gasteiger partial charge is 0.326 e. The minimum atomic E-state index is 0.226. The molecule has 19 heavy (non-hydrogen) atoms. The third-order valence-corrected chi connectivity index (χ3v) is 4.25. The molecule has 1 unspecified atom stereocenters. The van der Waals surface area contributed by atoms with Gasteiger partial charge in [0.15, 0.2) is 0 Å². The van der Waals surface area contributed by atoms with Gasteiger partial charge in [-0.1, -0.05) is 32.9 Å². The minimum absolute atomic E-state index is 0.226. The van der Waals surface area contributed by atoms with E-state index in [1.54, 1.807) is 0 Å². The molecule has 1 atom stereocenters. The quantitative estimate of drug-likeness (QED) is 0.885. The summed E-state index contributed by atoms with van der Waals surface area (Å²) in [4.78, 5) is 2.48. The van der Waals surface area contributed by atoms with E-state index in [4.69, 9.17) is 5.73 Å². The Morgan fingerprint density at radius 1 is 1.21 bits per heavy atom. The summed E-state index contributed by atoms with van der Waals surface area (Å²) in [5, 5.41) is 0. The molecule has 1 saturated heterocycles. The summed E-state index contributed by atoms with van der Waals surface area (Å²) in [6.07, 6.45) is 1.14. The van der Waals surface area contributed by atoms with Crippen LogP contribution in [0.3, 0.4) is 0 Å². The van der Waals surface area contributed by atoms with Crippen LogP contribution in [0.25, 0.3) is 0 Å². The first-order valence-corrected chi connectivity index (χ1v) is 7.36. The predicted octanol–water partition coefficient (Wildman–Crippen LogP) is 3.13. The second-order valence-corrected chi connectivity index (χ2v) is 7.12. The highest BCUT2D eigenvalue weighted by Gasteiger charge is 2.21. The zero-order valence-electron chi connectivity index (χ0n) is 13.1. The van der Waals surface area contributed by atoms with Gasteiger partial charge in [-0.05, 0) is 47.9 Å². The first kappa shape index (κ1) is 14.5. The zero-order chi connectivity index (χ0) is 14.2. The van der Waals surface area contributed by atoms with Crippen LogP contribution in [-0.2, 0) is 12.0 Å². The maximum atomic E-state index is 5.99. The highest BCUT2D eigenvalue weighted by Crippen LogP contribution is 2.28. The fraction of sp³-hybridized carbons (Fsp3) is 0.647. The van der Waals surface area contributed by atoms with Gasteiger partial charge >= 0.3 is 0 Å². The molecule has 1 aliphatic rings. The molecule has 1 aliphatic heterocycles. The van der Waals surface area contributed by atoms with Crippen LogP contribution in [0.15, 0.2) is 12.1 Å². The van der Waals surface area contributed by atoms with Gasteiger partial charge in [-0.25, -0.2) is 0 Å². The molecule has 106 valence electrons. The maximum Gasteiger partial charge on any atom is 0.0239 e. The average Bonchev–Trinajstić information content (AvgIpc) is 2.68. The van der Waals surface area contributed by atoms with Crippen LogP contribution in [0.5, 0.6) is 0 Å². The van der Waals surface area contributed by atoms with Crippen LogP contribution in [0.4, 0.5) is 0 Å². The van der Waals surface area contributed by atoms with Gasteiger partial charge in [-0.3, -0.25) is 4.90 Å². The Kier molecular flexibility index (Phi) is 4.03. The first-order valence-electron chi connectivity index (χ1n) is 7.36. The molecule has 0 radical (unpaired) electrons. The standard InChI is InChI=1S/C17H28N2/c1-12-8-14(17(3,4)5)9-13(2)16(12)11-19-7-6-15(18)10-19/h8-9,15H,6-7,10-11,18H2,1-5H3. The van der Waals surface area contributed by atoms with Gasteiger partial charge in [0.25, 0.3) is 0 Å². The summed E-state index contributed by atoms with van der Waals surface area (Å²) in [6, 6.07) is 5.09. The van der Waals surface area contributed by atoms with Crippen LogP contribution >= 0.6 is 0 Å². The molecular formula is C17H28N2. The van der Waals surface area contributed by atoms with Gasteiger partial charge in [-0.2, -0.15) is 0 Å². The van der Waals surface area contributed by atoms with E-state index in [0.717, 1.165) is 26.1 Å². The summed E-state index contributed by atoms with van der Waals surface area (Å²) in [6.45, 7) is 14.6. The fourth-order valence-corrected chi connectivity index (χ4v) is 2.91. The lowest BCUT2D eigenvalue weighted by atomic mass is 9.84. The van der Waals surface area contributed by atoms with Crippen molar-refractivity contribution in [1.82, 2.24) is 4.90 Å². The Labute approximate surface area is 118 Å². The van der Waals surface area contributed by atoms with Crippen molar-refractivity contribution in [2.45, 2.75) is 59.0 Å². The second kappa shape index (κ2) is 5.26. The van der Waals surface area contributed by atoms with Crippen LogP contribution < -0.4 is 5.73 Å². The number of likely N-dealkylation sites (tertiary alicyclic amines) is 1. The van der Waals surface area contributed by atoms with E-state index in [2.05, 4.69) is 51.7 Å². The van der Waals surface area contributed by atoms with E-state index in [9.17, 15) is 0 Å². The summed E-state index contributed by atoms with van der Waals surface area (Å²) in [5.41, 5.74) is 12.0. The number of nitrogens with two attached hydrogens (primary N) is 1. The molecule has 0 amide bonds. The van der Waals surface area contributed by atoms with Gasteiger partial charge < -0.3 is 5.73 Å². The lowest BCUT2D eigenvalue weighted by molar-refractivity contribution is 0.325. The molecule has 1 aromatic carbocycles. The smallest absolute Gasteiger partial charge is 0.0239 e. The predicted molar refractivity (Wildman–Crippen MR) is 82.5 cm³/mol. The van der Waals surface area contributed by atoms with Crippen molar-refractivity contribution in [2.75, 3.05) is 13.1 Å². The Balaban J connectivity index is 2.22. The number of hydrogen-bond acceptors (Lipinski definition) is 2. The molecule has 0 aliphatic carbocycles. The SMILES string of the molecule is Cc1cc(C(C)(C)C)cc(C)c1CN1CCC(N)C1. The van der Waals surface area contributed by atoms with Gasteiger partial charge in [-0.15, -0.1) is 0 Å². The van der Waals surface area contributed by atoms with E-state index in [1.165, 1.54) is 22.3 Å². The molecule has 2 nitrogen and oxygen atoms in total. The Bertz CT molecular complexity index is 434. The van der Waals surface area contributed by atoms with Crippen molar-refractivity contribution in [3.63, 3.8) is 0 Å². The van der Waals surface area contributed by atoms with E-state index in [-0.39, 0.29) is 5.41 Å². The maximum absolute atomic E-state index is 5.99. The fourth-order valence-electron chi connectivity index (χ4n) is 2.91. The highest BCUT2D eigenvalue weighted by atomic mass is 15.2. The zero-order valence-corrected chi connectivity index (χ0v) is 13.1. The molecule has 0 bridgehead atoms. The average molecular weight is 260 g/mol. The summed E-state index contributed by atoms with van der Waals surface area (Å²) in [7, 11) is 0. The number of nitrogens with zero attached hydrogens (tertiary/aromatic N) is 1. The molecule has 1 fully saturated rings. The molecule has 1 heterocycles. The van der Waals surface area contributed by atoms with Crippen molar-refractivity contribution in [2.24, 2.45) is 5.73 Å². The van der Waals surface area contributed by atoms with E-state index < -0.39 is 0 Å². The molecule has 0 aromatic heterocycles. The van der Waals surface area contributed by atoms with E-state index >= 15 is 0 Å². The lowest BCUT2D eigenvalue weighted by Gasteiger charge is -2.24. The van der Waals surface area contributed by atoms with Crippen molar-refractivity contribution in [1.29, 1.82) is 0 Å². The third-order valence-electron chi connectivity index (χ3n) is 4.25. The Morgan fingerprint density at radius 2 is 1.79 bits per heavy atom. The monoisotopic (exact) mass is 260 g/mol. The molecule has 0 saturated carbocycles. The van der Waals surface area contributed by atoms with Crippen molar-refractivity contribution in [3.8, 4) is 0 Å². The van der Waals surface area contributed by atoms with Gasteiger partial charge in [0.05, 0.1) is 0 Å². The van der Waals surface area contributed by atoms with E-state index in [1.807, 2.05) is 0 Å². The van der Waals surface area contributed by atoms with Crippen molar-refractivity contribution < 1.29 is 0 Å². The van der Waals surface area contributed by atoms with Crippen molar-refractivity contribution in [3.05, 3.63) is 34.4 Å². The number of aryl methyl sites for hydroxylation is 2. The number of benzene rings is 1. The van der Waals surface area contributed by atoms with Crippen LogP contribution in [0.1, 0.15) is 49.4 Å². The number of hydrogen-bond donors (Lipinski definition) is 1. The molecule has 2 heteroatoms. The normalized spacial score (nSPS) is 21.1. The Hall–Kier alpha value is -0.860. The van der Waals surface area contributed by atoms with Gasteiger partial charge in [0, 0.05) is 25.7 Å². The van der Waals surface area contributed by atoms with E-state index in [0.29, 0.717) is 6.04 Å². The first-order chi connectivity index (χ1) is 8.77. The topological polar surface area (TPSA) is 29.3 Å². The molecule has 2 rings (SSSR count). The van der Waals surface area contributed by atoms with Crippen molar-refractivity contribution >= 4 is 0 Å². The molecule has 2 N–H and O–H groups in total. The second-order valence-electron chi connectivity index (χ2n) is 7.12. The summed E-state index contributed by atoms with van der Waals surface area (Å²) in [5.74, 6) is 0. The summed E-state index contributed by atoms with van der Waals surface area (Å²) >= 11 is 0. The molecule has 1 aromatic rings. The minimum Gasteiger partial charge on any atom is -0.326 e.